The van der Waals surface area contributed by atoms with Gasteiger partial charge in [-0.05, 0) is 198 Å². The Labute approximate surface area is 793 Å². The summed E-state index contributed by atoms with van der Waals surface area (Å²) in [6, 6.07) is 89.1. The highest BCUT2D eigenvalue weighted by Gasteiger charge is 2.31. The first kappa shape index (κ1) is 110. The van der Waals surface area contributed by atoms with Crippen LogP contribution in [0.15, 0.2) is 364 Å². The molecule has 0 radical (unpaired) electrons. The Morgan fingerprint density at radius 2 is 0.667 bits per heavy atom. The number of hydrogen-bond donors (Lipinski definition) is 8. The van der Waals surface area contributed by atoms with Gasteiger partial charge < -0.3 is 25.5 Å². The third-order valence-electron chi connectivity index (χ3n) is 20.1. The summed E-state index contributed by atoms with van der Waals surface area (Å²) in [4.78, 5) is 56.7. The van der Waals surface area contributed by atoms with E-state index in [9.17, 15) is 66.1 Å². The largest absolute Gasteiger partial charge is 0.388 e. The Morgan fingerprint density at radius 1 is 0.341 bits per heavy atom. The third kappa shape index (κ3) is 39.2. The van der Waals surface area contributed by atoms with Gasteiger partial charge in [-0.2, -0.15) is 8.61 Å². The van der Waals surface area contributed by atoms with Crippen molar-refractivity contribution in [3.05, 3.63) is 401 Å². The fraction of sp³-hybridized carbons (Fsp3) is 0.210. The van der Waals surface area contributed by atoms with Crippen LogP contribution >= 0.6 is 0 Å². The topological polar surface area (TPSA) is 400 Å². The van der Waals surface area contributed by atoms with Crippen molar-refractivity contribution < 1.29 is 91.6 Å². The van der Waals surface area contributed by atoms with E-state index in [0.29, 0.717) is 53.7 Å². The number of rotatable bonds is 46. The smallest absolute Gasteiger partial charge is 0.243 e. The van der Waals surface area contributed by atoms with Crippen molar-refractivity contribution in [2.45, 2.75) is 115 Å². The standard InChI is InChI=1S/C24H23NO4S.C22H27NO4S.2C20H23NO4S.C19H19NO4S/c26-19-23(27)15-14-20-12-7-13-24(16-20)30(28,29)25(17-21-8-3-1-4-9-21)18-22-10-5-2-6-11-22;1-3-4-15-23(18(2)20-10-6-5-7-11-20)28(26,27)22-12-8-9-19(16-22)13-14-21(25)17-24;1-2-18(13-16-7-4-3-5-8-16)21-26(24,25)20-10-6-9-17(14-20)11-12-19(23)15-22;22-16-19(23)13-12-18-10-6-11-20(15-18)26(24,25)21-14-5-4-9-17-7-2-1-3-8-17;21-15-18(22)12-11-17-8-4-10-19(14-17)25(23,24)20-13-5-9-16-6-2-1-3-7-16/h1-16,26H,17-19H2;5-14,16,18,24H,3-4,15,17H2,1-2H3;3-12,14,18,21-22H,2,13,15H2,1H3;1-3,6-8,10-13,15,21-22H,4-5,9,14,16H2;1-12,14,20-21H,13,15H2/b15-14+;14-13+;12-11+;13-12+;9-5+,12-11+. The van der Waals surface area contributed by atoms with E-state index in [0.717, 1.165) is 59.9 Å². The first-order chi connectivity index (χ1) is 64.8. The van der Waals surface area contributed by atoms with Crippen molar-refractivity contribution in [1.82, 2.24) is 22.8 Å². The molecule has 0 bridgehead atoms. The van der Waals surface area contributed by atoms with Crippen LogP contribution in [0.3, 0.4) is 0 Å². The number of nitrogens with one attached hydrogen (secondary N) is 3. The lowest BCUT2D eigenvalue weighted by molar-refractivity contribution is -0.117. The van der Waals surface area contributed by atoms with Crippen LogP contribution < -0.4 is 14.2 Å². The highest BCUT2D eigenvalue weighted by Crippen LogP contribution is 2.30. The molecule has 0 aromatic heterocycles. The van der Waals surface area contributed by atoms with Gasteiger partial charge in [0.05, 0.1) is 24.5 Å². The molecule has 2 unspecified atom stereocenters. The van der Waals surface area contributed by atoms with Crippen LogP contribution in [0.5, 0.6) is 0 Å². The summed E-state index contributed by atoms with van der Waals surface area (Å²) in [6.45, 7) is 4.42. The SMILES string of the molecule is CCC(Cc1ccccc1)NS(=O)(=O)c1cccc(/C=C/C(=O)CO)c1.CCCCN(C(C)c1ccccc1)S(=O)(=O)c1cccc(/C=C/C(=O)CO)c1.O=C(/C=C/c1cccc(S(=O)(=O)N(Cc2ccccc2)Cc2ccccc2)c1)CO.O=C(/C=C/c1cccc(S(=O)(=O)NC/C=C/c2ccccc2)c1)CO.O=C(/C=C/c1cccc(S(=O)(=O)NCCCCc2ccccc2)c1)CO. The number of sulfonamides is 5. The van der Waals surface area contributed by atoms with E-state index in [2.05, 4.69) is 26.3 Å². The van der Waals surface area contributed by atoms with Crippen LogP contribution in [0.1, 0.15) is 120 Å². The zero-order valence-electron chi connectivity index (χ0n) is 75.3. The second-order valence-corrected chi connectivity index (χ2v) is 39.4. The Kier molecular flexibility index (Phi) is 47.1. The maximum Gasteiger partial charge on any atom is 0.243 e. The third-order valence-corrected chi connectivity index (χ3v) is 28.2. The van der Waals surface area contributed by atoms with E-state index in [1.807, 2.05) is 197 Å². The van der Waals surface area contributed by atoms with Gasteiger partial charge in [0.1, 0.15) is 33.0 Å². The number of hydrogen-bond acceptors (Lipinski definition) is 20. The average Bonchev–Trinajstić information content (AvgIpc) is 0.784. The molecule has 8 N–H and O–H groups in total. The molecule has 0 fully saturated rings. The van der Waals surface area contributed by atoms with E-state index < -0.39 is 112 Å². The van der Waals surface area contributed by atoms with Gasteiger partial charge in [0, 0.05) is 44.8 Å². The fourth-order valence-electron chi connectivity index (χ4n) is 12.8. The van der Waals surface area contributed by atoms with E-state index in [4.69, 9.17) is 25.5 Å². The molecule has 11 aromatic carbocycles. The van der Waals surface area contributed by atoms with Crippen LogP contribution in [0.25, 0.3) is 36.5 Å². The number of ketones is 5. The number of aryl methyl sites for hydroxylation is 1. The van der Waals surface area contributed by atoms with Gasteiger partial charge in [-0.15, -0.1) is 0 Å². The lowest BCUT2D eigenvalue weighted by Gasteiger charge is -2.29. The van der Waals surface area contributed by atoms with Crippen LogP contribution in [0, 0.1) is 0 Å². The number of carbonyl (C=O) groups is 5. The van der Waals surface area contributed by atoms with E-state index >= 15 is 0 Å². The van der Waals surface area contributed by atoms with Crippen molar-refractivity contribution in [3.63, 3.8) is 0 Å². The van der Waals surface area contributed by atoms with Crippen molar-refractivity contribution in [3.8, 4) is 0 Å². The van der Waals surface area contributed by atoms with E-state index in [1.54, 1.807) is 84.9 Å². The molecule has 0 amide bonds. The molecule has 0 saturated carbocycles. The summed E-state index contributed by atoms with van der Waals surface area (Å²) >= 11 is 0. The van der Waals surface area contributed by atoms with Gasteiger partial charge in [-0.1, -0.05) is 305 Å². The Balaban J connectivity index is 0.000000230. The van der Waals surface area contributed by atoms with Crippen LogP contribution in [-0.2, 0) is 100 Å². The minimum Gasteiger partial charge on any atom is -0.388 e. The summed E-state index contributed by atoms with van der Waals surface area (Å²) in [5, 5.41) is 43.8. The number of carbonyl (C=O) groups excluding carboxylic acids is 5. The minimum atomic E-state index is -3.80. The van der Waals surface area contributed by atoms with Crippen molar-refractivity contribution in [1.29, 1.82) is 0 Å². The normalized spacial score (nSPS) is 12.3. The van der Waals surface area contributed by atoms with Crippen molar-refractivity contribution in [2.24, 2.45) is 0 Å². The molecular weight excluding hydrogens is 1810 g/mol. The molecule has 710 valence electrons. The lowest BCUT2D eigenvalue weighted by atomic mass is 10.1. The number of nitrogens with zero attached hydrogens (tertiary/aromatic N) is 2. The van der Waals surface area contributed by atoms with E-state index in [-0.39, 0.29) is 56.2 Å². The maximum atomic E-state index is 13.5. The number of aliphatic hydroxyl groups is 5. The van der Waals surface area contributed by atoms with Crippen molar-refractivity contribution >= 4 is 115 Å². The minimum absolute atomic E-state index is 0.110. The second-order valence-electron chi connectivity index (χ2n) is 30.4. The highest BCUT2D eigenvalue weighted by atomic mass is 32.2. The maximum absolute atomic E-state index is 13.5. The van der Waals surface area contributed by atoms with E-state index in [1.165, 1.54) is 117 Å². The number of benzene rings is 11. The summed E-state index contributed by atoms with van der Waals surface area (Å²) in [7, 11) is -18.4. The molecule has 0 saturated heterocycles. The predicted octanol–water partition coefficient (Wildman–Crippen LogP) is 14.8. The molecular formula is C105H115N5O20S5. The first-order valence-corrected chi connectivity index (χ1v) is 50.7. The first-order valence-electron chi connectivity index (χ1n) is 43.4. The zero-order chi connectivity index (χ0) is 97.9. The van der Waals surface area contributed by atoms with Crippen molar-refractivity contribution in [2.75, 3.05) is 52.7 Å². The second kappa shape index (κ2) is 58.0. The lowest BCUT2D eigenvalue weighted by Crippen LogP contribution is -2.36. The quantitative estimate of drug-likeness (QED) is 0.0130. The number of aliphatic hydroxyl groups excluding tert-OH is 5. The highest BCUT2D eigenvalue weighted by molar-refractivity contribution is 7.90. The van der Waals surface area contributed by atoms with Crippen LogP contribution in [0.4, 0.5) is 0 Å². The van der Waals surface area contributed by atoms with Crippen LogP contribution in [0.2, 0.25) is 0 Å². The summed E-state index contributed by atoms with van der Waals surface area (Å²) < 4.78 is 139. The van der Waals surface area contributed by atoms with Gasteiger partial charge in [-0.25, -0.2) is 56.3 Å². The summed E-state index contributed by atoms with van der Waals surface area (Å²) in [6.07, 6.45) is 22.6. The molecule has 0 spiro atoms. The predicted molar refractivity (Wildman–Crippen MR) is 531 cm³/mol. The van der Waals surface area contributed by atoms with Gasteiger partial charge in [-0.3, -0.25) is 24.0 Å². The van der Waals surface area contributed by atoms with Gasteiger partial charge in [0.15, 0.2) is 28.9 Å². The molecule has 2 atom stereocenters. The Hall–Kier alpha value is -12.4. The molecule has 30 heteroatoms. The summed E-state index contributed by atoms with van der Waals surface area (Å²) in [5.41, 5.74) is 8.89. The summed E-state index contributed by atoms with van der Waals surface area (Å²) in [5.74, 6) is -2.20. The zero-order valence-corrected chi connectivity index (χ0v) is 79.3. The average molecular weight is 1930 g/mol. The molecule has 135 heavy (non-hydrogen) atoms. The molecule has 0 heterocycles. The fourth-order valence-corrected chi connectivity index (χ4v) is 19.5. The van der Waals surface area contributed by atoms with Gasteiger partial charge >= 0.3 is 0 Å². The molecule has 11 rings (SSSR count). The number of unbranched alkanes of at least 4 members (excludes halogenated alkanes) is 2. The molecule has 0 aliphatic carbocycles. The molecule has 0 aliphatic heterocycles. The molecule has 11 aromatic rings. The Morgan fingerprint density at radius 3 is 1.04 bits per heavy atom. The van der Waals surface area contributed by atoms with Crippen LogP contribution in [-0.4, -0.2) is 164 Å². The molecule has 25 nitrogen and oxygen atoms in total. The van der Waals surface area contributed by atoms with Gasteiger partial charge in [0.2, 0.25) is 50.1 Å². The molecule has 0 aliphatic rings. The Bertz CT molecular complexity index is 6350. The van der Waals surface area contributed by atoms with Gasteiger partial charge in [0.25, 0.3) is 0 Å². The monoisotopic (exact) mass is 1930 g/mol.